The number of aliphatic carboxylic acids is 1. The van der Waals surface area contributed by atoms with Gasteiger partial charge in [-0.3, -0.25) is 14.8 Å². The predicted molar refractivity (Wildman–Crippen MR) is 75.0 cm³/mol. The smallest absolute Gasteiger partial charge is 0.319 e. The van der Waals surface area contributed by atoms with Gasteiger partial charge >= 0.3 is 5.97 Å². The summed E-state index contributed by atoms with van der Waals surface area (Å²) in [6.07, 6.45) is 6.83. The van der Waals surface area contributed by atoms with Gasteiger partial charge in [0.2, 0.25) is 0 Å². The van der Waals surface area contributed by atoms with E-state index in [1.807, 2.05) is 18.2 Å². The van der Waals surface area contributed by atoms with Gasteiger partial charge in [0.05, 0.1) is 0 Å². The van der Waals surface area contributed by atoms with Gasteiger partial charge in [-0.2, -0.15) is 0 Å². The standard InChI is InChI=1S/C14H14N2O2S/c1-14(2,13(17)18)19-12-5-8-16-9-11(12)10-3-6-15-7-4-10/h3-9H,1-2H3,(H,17,18). The summed E-state index contributed by atoms with van der Waals surface area (Å²) in [4.78, 5) is 20.2. The van der Waals surface area contributed by atoms with E-state index in [-0.39, 0.29) is 0 Å². The molecule has 5 heteroatoms. The lowest BCUT2D eigenvalue weighted by molar-refractivity contribution is -0.138. The summed E-state index contributed by atoms with van der Waals surface area (Å²) < 4.78 is -0.886. The Labute approximate surface area is 115 Å². The molecule has 0 fully saturated rings. The molecule has 0 aliphatic carbocycles. The molecule has 2 aromatic rings. The molecule has 0 amide bonds. The zero-order chi connectivity index (χ0) is 13.9. The van der Waals surface area contributed by atoms with E-state index in [1.165, 1.54) is 11.8 Å². The molecule has 2 heterocycles. The van der Waals surface area contributed by atoms with Crippen molar-refractivity contribution in [1.82, 2.24) is 9.97 Å². The largest absolute Gasteiger partial charge is 0.480 e. The van der Waals surface area contributed by atoms with Crippen molar-refractivity contribution in [3.63, 3.8) is 0 Å². The highest BCUT2D eigenvalue weighted by atomic mass is 32.2. The minimum atomic E-state index is -0.886. The molecule has 2 rings (SSSR count). The van der Waals surface area contributed by atoms with Crippen LogP contribution in [0.15, 0.2) is 47.9 Å². The third kappa shape index (κ3) is 3.12. The number of hydrogen-bond donors (Lipinski definition) is 1. The zero-order valence-electron chi connectivity index (χ0n) is 10.7. The van der Waals surface area contributed by atoms with Crippen molar-refractivity contribution in [1.29, 1.82) is 0 Å². The quantitative estimate of drug-likeness (QED) is 0.868. The van der Waals surface area contributed by atoms with Gasteiger partial charge in [-0.15, -0.1) is 11.8 Å². The number of carboxylic acids is 1. The topological polar surface area (TPSA) is 63.1 Å². The van der Waals surface area contributed by atoms with Crippen LogP contribution in [0, 0.1) is 0 Å². The summed E-state index contributed by atoms with van der Waals surface area (Å²) in [6.45, 7) is 3.38. The number of carbonyl (C=O) groups is 1. The Morgan fingerprint density at radius 3 is 2.42 bits per heavy atom. The Kier molecular flexibility index (Phi) is 3.85. The highest BCUT2D eigenvalue weighted by Gasteiger charge is 2.29. The van der Waals surface area contributed by atoms with Crippen LogP contribution in [0.5, 0.6) is 0 Å². The maximum atomic E-state index is 11.2. The van der Waals surface area contributed by atoms with Gasteiger partial charge < -0.3 is 5.11 Å². The average molecular weight is 274 g/mol. The second-order valence-corrected chi connectivity index (χ2v) is 6.19. The van der Waals surface area contributed by atoms with E-state index in [0.717, 1.165) is 16.0 Å². The monoisotopic (exact) mass is 274 g/mol. The van der Waals surface area contributed by atoms with Crippen molar-refractivity contribution in [2.45, 2.75) is 23.5 Å². The number of pyridine rings is 2. The molecule has 0 saturated heterocycles. The van der Waals surface area contributed by atoms with E-state index >= 15 is 0 Å². The van der Waals surface area contributed by atoms with E-state index in [2.05, 4.69) is 9.97 Å². The van der Waals surface area contributed by atoms with Gasteiger partial charge in [-0.05, 0) is 37.6 Å². The van der Waals surface area contributed by atoms with Gasteiger partial charge in [0.1, 0.15) is 4.75 Å². The summed E-state index contributed by atoms with van der Waals surface area (Å²) in [5.41, 5.74) is 1.90. The third-order valence-corrected chi connectivity index (χ3v) is 3.91. The molecule has 0 spiro atoms. The lowest BCUT2D eigenvalue weighted by atomic mass is 10.1. The minimum absolute atomic E-state index is 0.838. The van der Waals surface area contributed by atoms with E-state index in [0.29, 0.717) is 0 Å². The van der Waals surface area contributed by atoms with E-state index in [9.17, 15) is 9.90 Å². The number of thioether (sulfide) groups is 1. The third-order valence-electron chi connectivity index (χ3n) is 2.65. The molecule has 0 aromatic carbocycles. The van der Waals surface area contributed by atoms with Crippen molar-refractivity contribution < 1.29 is 9.90 Å². The Morgan fingerprint density at radius 2 is 1.79 bits per heavy atom. The lowest BCUT2D eigenvalue weighted by Crippen LogP contribution is -2.27. The number of hydrogen-bond acceptors (Lipinski definition) is 4. The molecular formula is C14H14N2O2S. The van der Waals surface area contributed by atoms with Gasteiger partial charge in [-0.1, -0.05) is 0 Å². The zero-order valence-corrected chi connectivity index (χ0v) is 11.5. The Hall–Kier alpha value is -1.88. The van der Waals surface area contributed by atoms with Crippen LogP contribution in [0.2, 0.25) is 0 Å². The van der Waals surface area contributed by atoms with Crippen molar-refractivity contribution in [2.24, 2.45) is 0 Å². The molecule has 0 bridgehead atoms. The van der Waals surface area contributed by atoms with Gasteiger partial charge in [0.15, 0.2) is 0 Å². The number of rotatable bonds is 4. The number of carboxylic acid groups (broad SMARTS) is 1. The Balaban J connectivity index is 2.40. The van der Waals surface area contributed by atoms with Crippen molar-refractivity contribution in [2.75, 3.05) is 0 Å². The highest BCUT2D eigenvalue weighted by Crippen LogP contribution is 2.38. The summed E-state index contributed by atoms with van der Waals surface area (Å²) in [5, 5.41) is 9.22. The predicted octanol–water partition coefficient (Wildman–Crippen LogP) is 3.10. The fraction of sp³-hybridized carbons (Fsp3) is 0.214. The lowest BCUT2D eigenvalue weighted by Gasteiger charge is -2.20. The molecule has 0 aliphatic heterocycles. The normalized spacial score (nSPS) is 11.3. The fourth-order valence-corrected chi connectivity index (χ4v) is 2.58. The Morgan fingerprint density at radius 1 is 1.16 bits per heavy atom. The molecule has 2 aromatic heterocycles. The first-order chi connectivity index (χ1) is 9.00. The van der Waals surface area contributed by atoms with Crippen LogP contribution in [-0.2, 0) is 4.79 Å². The van der Waals surface area contributed by atoms with E-state index in [1.54, 1.807) is 38.6 Å². The summed E-state index contributed by atoms with van der Waals surface area (Å²) >= 11 is 1.32. The van der Waals surface area contributed by atoms with Crippen LogP contribution in [0.3, 0.4) is 0 Å². The second kappa shape index (κ2) is 5.40. The van der Waals surface area contributed by atoms with Gasteiger partial charge in [0, 0.05) is 35.2 Å². The molecule has 0 saturated carbocycles. The van der Waals surface area contributed by atoms with Gasteiger partial charge in [-0.25, -0.2) is 0 Å². The van der Waals surface area contributed by atoms with Crippen LogP contribution >= 0.6 is 11.8 Å². The maximum absolute atomic E-state index is 11.2. The molecular weight excluding hydrogens is 260 g/mol. The van der Waals surface area contributed by atoms with E-state index < -0.39 is 10.7 Å². The first-order valence-electron chi connectivity index (χ1n) is 5.77. The molecule has 0 unspecified atom stereocenters. The summed E-state index contributed by atoms with van der Waals surface area (Å²) in [7, 11) is 0. The first-order valence-corrected chi connectivity index (χ1v) is 6.59. The number of aromatic nitrogens is 2. The summed E-state index contributed by atoms with van der Waals surface area (Å²) in [5.74, 6) is -0.838. The van der Waals surface area contributed by atoms with Crippen LogP contribution in [-0.4, -0.2) is 25.8 Å². The molecule has 0 radical (unpaired) electrons. The molecule has 4 nitrogen and oxygen atoms in total. The first kappa shape index (κ1) is 13.5. The molecule has 0 aliphatic rings. The van der Waals surface area contributed by atoms with Crippen LogP contribution in [0.25, 0.3) is 11.1 Å². The highest BCUT2D eigenvalue weighted by molar-refractivity contribution is 8.01. The average Bonchev–Trinajstić information content (AvgIpc) is 2.40. The van der Waals surface area contributed by atoms with Crippen LogP contribution < -0.4 is 0 Å². The second-order valence-electron chi connectivity index (χ2n) is 4.53. The molecule has 1 N–H and O–H groups in total. The SMILES string of the molecule is CC(C)(Sc1ccncc1-c1ccncc1)C(=O)O. The van der Waals surface area contributed by atoms with E-state index in [4.69, 9.17) is 0 Å². The fourth-order valence-electron chi connectivity index (χ4n) is 1.54. The minimum Gasteiger partial charge on any atom is -0.480 e. The number of nitrogens with zero attached hydrogens (tertiary/aromatic N) is 2. The summed E-state index contributed by atoms with van der Waals surface area (Å²) in [6, 6.07) is 5.61. The van der Waals surface area contributed by atoms with Crippen LogP contribution in [0.1, 0.15) is 13.8 Å². The molecule has 19 heavy (non-hydrogen) atoms. The maximum Gasteiger partial charge on any atom is 0.319 e. The Bertz CT molecular complexity index is 585. The van der Waals surface area contributed by atoms with Crippen molar-refractivity contribution in [3.05, 3.63) is 43.0 Å². The van der Waals surface area contributed by atoms with Crippen LogP contribution in [0.4, 0.5) is 0 Å². The van der Waals surface area contributed by atoms with Gasteiger partial charge in [0.25, 0.3) is 0 Å². The molecule has 0 atom stereocenters. The van der Waals surface area contributed by atoms with Crippen molar-refractivity contribution >= 4 is 17.7 Å². The molecule has 98 valence electrons. The van der Waals surface area contributed by atoms with Crippen molar-refractivity contribution in [3.8, 4) is 11.1 Å².